The van der Waals surface area contributed by atoms with E-state index in [-0.39, 0.29) is 5.91 Å². The minimum absolute atomic E-state index is 0.148. The van der Waals surface area contributed by atoms with Crippen LogP contribution < -0.4 is 5.32 Å². The van der Waals surface area contributed by atoms with Gasteiger partial charge >= 0.3 is 0 Å². The van der Waals surface area contributed by atoms with E-state index in [1.165, 1.54) is 6.42 Å². The molecule has 0 aromatic heterocycles. The molecule has 178 valence electrons. The number of methoxy groups -OCH3 is 1. The third kappa shape index (κ3) is 7.48. The molecule has 32 heavy (non-hydrogen) atoms. The van der Waals surface area contributed by atoms with Gasteiger partial charge in [0.1, 0.15) is 0 Å². The van der Waals surface area contributed by atoms with E-state index in [0.29, 0.717) is 12.6 Å². The van der Waals surface area contributed by atoms with Gasteiger partial charge in [0.2, 0.25) is 0 Å². The molecule has 1 aromatic carbocycles. The van der Waals surface area contributed by atoms with Gasteiger partial charge in [-0.15, -0.1) is 0 Å². The first-order chi connectivity index (χ1) is 15.7. The van der Waals surface area contributed by atoms with E-state index >= 15 is 0 Å². The number of carbonyl (C=O) groups excluding carboxylic acids is 1. The van der Waals surface area contributed by atoms with Gasteiger partial charge in [-0.05, 0) is 63.1 Å². The third-order valence-electron chi connectivity index (χ3n) is 6.15. The second-order valence-corrected chi connectivity index (χ2v) is 8.63. The van der Waals surface area contributed by atoms with E-state index in [0.717, 1.165) is 95.1 Å². The lowest BCUT2D eigenvalue weighted by Crippen LogP contribution is -2.47. The van der Waals surface area contributed by atoms with E-state index in [1.54, 1.807) is 7.11 Å². The highest BCUT2D eigenvalue weighted by atomic mass is 16.5. The summed E-state index contributed by atoms with van der Waals surface area (Å²) in [5.74, 6) is 1.09. The van der Waals surface area contributed by atoms with Crippen LogP contribution in [0.2, 0.25) is 0 Å². The zero-order valence-electron chi connectivity index (χ0n) is 19.9. The van der Waals surface area contributed by atoms with Crippen molar-refractivity contribution in [3.63, 3.8) is 0 Å². The van der Waals surface area contributed by atoms with Crippen molar-refractivity contribution in [1.29, 1.82) is 0 Å². The Morgan fingerprint density at radius 1 is 1.09 bits per heavy atom. The van der Waals surface area contributed by atoms with E-state index in [1.807, 2.05) is 23.1 Å². The van der Waals surface area contributed by atoms with Crippen molar-refractivity contribution < 1.29 is 14.3 Å². The summed E-state index contributed by atoms with van der Waals surface area (Å²) in [6, 6.07) is 7.96. The quantitative estimate of drug-likeness (QED) is 0.360. The molecule has 7 nitrogen and oxygen atoms in total. The number of likely N-dealkylation sites (tertiary alicyclic amines) is 2. The summed E-state index contributed by atoms with van der Waals surface area (Å²) in [4.78, 5) is 22.0. The molecule has 3 rings (SSSR count). The first kappa shape index (κ1) is 24.5. The lowest BCUT2D eigenvalue weighted by atomic mass is 10.1. The van der Waals surface area contributed by atoms with Crippen LogP contribution in [-0.2, 0) is 16.0 Å². The maximum Gasteiger partial charge on any atom is 0.253 e. The second-order valence-electron chi connectivity index (χ2n) is 8.63. The van der Waals surface area contributed by atoms with Crippen molar-refractivity contribution in [2.45, 2.75) is 58.1 Å². The minimum Gasteiger partial charge on any atom is -0.385 e. The van der Waals surface area contributed by atoms with Crippen LogP contribution in [0.25, 0.3) is 0 Å². The van der Waals surface area contributed by atoms with Crippen LogP contribution >= 0.6 is 0 Å². The van der Waals surface area contributed by atoms with Gasteiger partial charge in [0.05, 0.1) is 12.6 Å². The molecule has 1 amide bonds. The zero-order valence-corrected chi connectivity index (χ0v) is 19.9. The van der Waals surface area contributed by atoms with Gasteiger partial charge in [-0.3, -0.25) is 4.79 Å². The fourth-order valence-electron chi connectivity index (χ4n) is 4.36. The molecule has 2 saturated heterocycles. The summed E-state index contributed by atoms with van der Waals surface area (Å²) < 4.78 is 11.1. The summed E-state index contributed by atoms with van der Waals surface area (Å²) in [7, 11) is 1.73. The molecule has 0 bridgehead atoms. The average molecular weight is 445 g/mol. The van der Waals surface area contributed by atoms with Gasteiger partial charge in [0.25, 0.3) is 5.91 Å². The van der Waals surface area contributed by atoms with Gasteiger partial charge < -0.3 is 24.6 Å². The van der Waals surface area contributed by atoms with Crippen LogP contribution in [0.15, 0.2) is 29.3 Å². The van der Waals surface area contributed by atoms with Crippen LogP contribution in [0.5, 0.6) is 0 Å². The Balaban J connectivity index is 1.54. The maximum atomic E-state index is 12.8. The van der Waals surface area contributed by atoms with Gasteiger partial charge in [0.15, 0.2) is 5.96 Å². The standard InChI is InChI=1S/C25H40N4O3/c1-3-26-25(29-15-11-23(12-16-29)32-18-8-17-31-2)27-20-21-9-7-10-22(19-21)24(30)28-13-5-4-6-14-28/h7,9-10,19,23H,3-6,8,11-18,20H2,1-2H3,(H,26,27). The van der Waals surface area contributed by atoms with Crippen LogP contribution in [-0.4, -0.2) is 80.8 Å². The monoisotopic (exact) mass is 444 g/mol. The van der Waals surface area contributed by atoms with Gasteiger partial charge in [-0.2, -0.15) is 0 Å². The molecule has 0 atom stereocenters. The van der Waals surface area contributed by atoms with Crippen molar-refractivity contribution in [3.05, 3.63) is 35.4 Å². The molecule has 0 radical (unpaired) electrons. The number of aliphatic imine (C=N–C) groups is 1. The van der Waals surface area contributed by atoms with Crippen molar-refractivity contribution in [1.82, 2.24) is 15.1 Å². The molecule has 7 heteroatoms. The first-order valence-electron chi connectivity index (χ1n) is 12.2. The molecule has 0 aliphatic carbocycles. The second kappa shape index (κ2) is 13.4. The lowest BCUT2D eigenvalue weighted by Gasteiger charge is -2.34. The number of ether oxygens (including phenoxy) is 2. The molecule has 2 aliphatic rings. The molecule has 1 aromatic rings. The van der Waals surface area contributed by atoms with Crippen LogP contribution in [0.1, 0.15) is 61.4 Å². The number of hydrogen-bond donors (Lipinski definition) is 1. The Morgan fingerprint density at radius 3 is 2.59 bits per heavy atom. The van der Waals surface area contributed by atoms with E-state index in [9.17, 15) is 4.79 Å². The molecule has 2 aliphatic heterocycles. The number of carbonyl (C=O) groups is 1. The van der Waals surface area contributed by atoms with Crippen molar-refractivity contribution in [2.24, 2.45) is 4.99 Å². The van der Waals surface area contributed by atoms with Gasteiger partial charge in [-0.25, -0.2) is 4.99 Å². The summed E-state index contributed by atoms with van der Waals surface area (Å²) in [6.45, 7) is 8.63. The summed E-state index contributed by atoms with van der Waals surface area (Å²) in [5, 5.41) is 3.43. The van der Waals surface area contributed by atoms with Crippen LogP contribution in [0, 0.1) is 0 Å². The van der Waals surface area contributed by atoms with E-state index in [2.05, 4.69) is 23.2 Å². The lowest BCUT2D eigenvalue weighted by molar-refractivity contribution is 0.00990. The fraction of sp³-hybridized carbons (Fsp3) is 0.680. The highest BCUT2D eigenvalue weighted by molar-refractivity contribution is 5.94. The molecule has 0 spiro atoms. The van der Waals surface area contributed by atoms with Gasteiger partial charge in [-0.1, -0.05) is 12.1 Å². The zero-order chi connectivity index (χ0) is 22.6. The predicted octanol–water partition coefficient (Wildman–Crippen LogP) is 3.30. The number of piperidine rings is 2. The van der Waals surface area contributed by atoms with Crippen molar-refractivity contribution in [3.8, 4) is 0 Å². The molecule has 0 unspecified atom stereocenters. The molecule has 2 fully saturated rings. The molecular weight excluding hydrogens is 404 g/mol. The number of benzene rings is 1. The highest BCUT2D eigenvalue weighted by Gasteiger charge is 2.22. The first-order valence-corrected chi connectivity index (χ1v) is 12.2. The predicted molar refractivity (Wildman–Crippen MR) is 128 cm³/mol. The van der Waals surface area contributed by atoms with Crippen molar-refractivity contribution >= 4 is 11.9 Å². The normalized spacial score (nSPS) is 18.1. The number of nitrogens with one attached hydrogen (secondary N) is 1. The highest BCUT2D eigenvalue weighted by Crippen LogP contribution is 2.16. The summed E-state index contributed by atoms with van der Waals surface area (Å²) in [5.41, 5.74) is 1.84. The Kier molecular flexibility index (Phi) is 10.3. The number of nitrogens with zero attached hydrogens (tertiary/aromatic N) is 3. The molecule has 2 heterocycles. The Bertz CT molecular complexity index is 726. The summed E-state index contributed by atoms with van der Waals surface area (Å²) >= 11 is 0. The van der Waals surface area contributed by atoms with E-state index in [4.69, 9.17) is 14.5 Å². The minimum atomic E-state index is 0.148. The number of rotatable bonds is 9. The number of guanidine groups is 1. The molecule has 1 N–H and O–H groups in total. The van der Waals surface area contributed by atoms with Crippen LogP contribution in [0.4, 0.5) is 0 Å². The van der Waals surface area contributed by atoms with Crippen LogP contribution in [0.3, 0.4) is 0 Å². The Labute approximate surface area is 193 Å². The third-order valence-corrected chi connectivity index (χ3v) is 6.15. The molecular formula is C25H40N4O3. The number of amides is 1. The average Bonchev–Trinajstić information content (AvgIpc) is 2.85. The number of hydrogen-bond acceptors (Lipinski definition) is 4. The topological polar surface area (TPSA) is 66.4 Å². The van der Waals surface area contributed by atoms with Crippen molar-refractivity contribution in [2.75, 3.05) is 53.0 Å². The SMILES string of the molecule is CCNC(=NCc1cccc(C(=O)N2CCCCC2)c1)N1CCC(OCCCOC)CC1. The van der Waals surface area contributed by atoms with E-state index < -0.39 is 0 Å². The maximum absolute atomic E-state index is 12.8. The van der Waals surface area contributed by atoms with Gasteiger partial charge in [0, 0.05) is 58.6 Å². The Morgan fingerprint density at radius 2 is 1.88 bits per heavy atom. The smallest absolute Gasteiger partial charge is 0.253 e. The Hall–Kier alpha value is -2.12. The largest absolute Gasteiger partial charge is 0.385 e. The molecule has 0 saturated carbocycles. The summed E-state index contributed by atoms with van der Waals surface area (Å²) in [6.07, 6.45) is 6.73. The fourth-order valence-corrected chi connectivity index (χ4v) is 4.36.